The predicted molar refractivity (Wildman–Crippen MR) is 79.9 cm³/mol. The molecule has 1 fully saturated rings. The van der Waals surface area contributed by atoms with E-state index in [2.05, 4.69) is 21.5 Å². The summed E-state index contributed by atoms with van der Waals surface area (Å²) in [7, 11) is 1.58. The number of methoxy groups -OCH3 is 1. The summed E-state index contributed by atoms with van der Waals surface area (Å²) < 4.78 is 7.26. The van der Waals surface area contributed by atoms with Crippen LogP contribution in [0.5, 0.6) is 5.88 Å². The highest BCUT2D eigenvalue weighted by atomic mass is 32.2. The van der Waals surface area contributed by atoms with Crippen LogP contribution in [0.3, 0.4) is 0 Å². The highest BCUT2D eigenvalue weighted by Gasteiger charge is 2.31. The lowest BCUT2D eigenvalue weighted by atomic mass is 9.82. The van der Waals surface area contributed by atoms with Gasteiger partial charge < -0.3 is 14.4 Å². The number of hydrogen-bond donors (Lipinski definition) is 1. The molecule has 0 aromatic carbocycles. The molecule has 21 heavy (non-hydrogen) atoms. The standard InChI is InChI=1S/C14H17N3O3S/c1-8-5-9(6-8)17-13-10(3-4-11(16-13)20-2)15-14(17)21-7-12(18)19/h3-4,8-9H,5-7H2,1-2H3,(H,18,19). The fourth-order valence-electron chi connectivity index (χ4n) is 2.68. The fourth-order valence-corrected chi connectivity index (χ4v) is 3.47. The van der Waals surface area contributed by atoms with Crippen LogP contribution in [0.2, 0.25) is 0 Å². The third-order valence-corrected chi connectivity index (χ3v) is 4.66. The lowest BCUT2D eigenvalue weighted by Crippen LogP contribution is -2.25. The van der Waals surface area contributed by atoms with Crippen molar-refractivity contribution in [1.82, 2.24) is 14.5 Å². The van der Waals surface area contributed by atoms with Crippen LogP contribution in [0.25, 0.3) is 11.2 Å². The lowest BCUT2D eigenvalue weighted by Gasteiger charge is -2.34. The first-order chi connectivity index (χ1) is 10.1. The molecule has 2 heterocycles. The van der Waals surface area contributed by atoms with Crippen LogP contribution in [0.4, 0.5) is 0 Å². The maximum absolute atomic E-state index is 10.8. The van der Waals surface area contributed by atoms with Crippen LogP contribution in [0.1, 0.15) is 25.8 Å². The summed E-state index contributed by atoms with van der Waals surface area (Å²) in [5, 5.41) is 9.61. The van der Waals surface area contributed by atoms with Crippen molar-refractivity contribution in [2.75, 3.05) is 12.9 Å². The van der Waals surface area contributed by atoms with Crippen molar-refractivity contribution in [3.8, 4) is 5.88 Å². The minimum atomic E-state index is -0.842. The van der Waals surface area contributed by atoms with Crippen LogP contribution < -0.4 is 4.74 Å². The summed E-state index contributed by atoms with van der Waals surface area (Å²) in [6.45, 7) is 2.22. The van der Waals surface area contributed by atoms with Crippen molar-refractivity contribution < 1.29 is 14.6 Å². The van der Waals surface area contributed by atoms with Gasteiger partial charge in [0.1, 0.15) is 5.52 Å². The minimum Gasteiger partial charge on any atom is -0.481 e. The van der Waals surface area contributed by atoms with E-state index >= 15 is 0 Å². The topological polar surface area (TPSA) is 77.2 Å². The number of pyridine rings is 1. The molecule has 0 spiro atoms. The van der Waals surface area contributed by atoms with E-state index in [1.165, 1.54) is 11.8 Å². The summed E-state index contributed by atoms with van der Waals surface area (Å²) >= 11 is 1.24. The number of carbonyl (C=O) groups is 1. The molecule has 0 saturated heterocycles. The van der Waals surface area contributed by atoms with Crippen LogP contribution in [0.15, 0.2) is 17.3 Å². The zero-order chi connectivity index (χ0) is 15.0. The van der Waals surface area contributed by atoms with Gasteiger partial charge in [0.2, 0.25) is 5.88 Å². The van der Waals surface area contributed by atoms with Gasteiger partial charge in [0.15, 0.2) is 10.8 Å². The number of fused-ring (bicyclic) bond motifs is 1. The second kappa shape index (κ2) is 5.55. The number of hydrogen-bond acceptors (Lipinski definition) is 5. The molecule has 0 bridgehead atoms. The zero-order valence-electron chi connectivity index (χ0n) is 11.9. The minimum absolute atomic E-state index is 0.00271. The van der Waals surface area contributed by atoms with E-state index in [1.54, 1.807) is 13.2 Å². The molecule has 7 heteroatoms. The average Bonchev–Trinajstić information content (AvgIpc) is 2.78. The Morgan fingerprint density at radius 2 is 2.24 bits per heavy atom. The maximum atomic E-state index is 10.8. The second-order valence-electron chi connectivity index (χ2n) is 5.37. The third-order valence-electron chi connectivity index (χ3n) is 3.73. The van der Waals surface area contributed by atoms with Gasteiger partial charge in [-0.1, -0.05) is 18.7 Å². The van der Waals surface area contributed by atoms with Gasteiger partial charge in [-0.15, -0.1) is 0 Å². The number of rotatable bonds is 5. The molecule has 2 aromatic heterocycles. The number of thioether (sulfide) groups is 1. The highest BCUT2D eigenvalue weighted by Crippen LogP contribution is 2.41. The Morgan fingerprint density at radius 1 is 1.48 bits per heavy atom. The summed E-state index contributed by atoms with van der Waals surface area (Å²) in [6, 6.07) is 3.99. The van der Waals surface area contributed by atoms with Crippen molar-refractivity contribution in [1.29, 1.82) is 0 Å². The number of carboxylic acid groups (broad SMARTS) is 1. The highest BCUT2D eigenvalue weighted by molar-refractivity contribution is 7.99. The normalized spacial score (nSPS) is 21.2. The van der Waals surface area contributed by atoms with E-state index in [1.807, 2.05) is 6.07 Å². The smallest absolute Gasteiger partial charge is 0.313 e. The number of aromatic nitrogens is 3. The molecular formula is C14H17N3O3S. The molecule has 0 atom stereocenters. The lowest BCUT2D eigenvalue weighted by molar-refractivity contribution is -0.133. The van der Waals surface area contributed by atoms with Gasteiger partial charge in [0.25, 0.3) is 0 Å². The Labute approximate surface area is 126 Å². The molecule has 112 valence electrons. The van der Waals surface area contributed by atoms with E-state index in [9.17, 15) is 4.79 Å². The van der Waals surface area contributed by atoms with Crippen LogP contribution in [0, 0.1) is 5.92 Å². The first kappa shape index (κ1) is 14.2. The molecule has 2 aromatic rings. The fraction of sp³-hybridized carbons (Fsp3) is 0.500. The van der Waals surface area contributed by atoms with Crippen LogP contribution >= 0.6 is 11.8 Å². The van der Waals surface area contributed by atoms with E-state index in [0.717, 1.165) is 29.2 Å². The van der Waals surface area contributed by atoms with E-state index in [4.69, 9.17) is 9.84 Å². The summed E-state index contributed by atoms with van der Waals surface area (Å²) in [4.78, 5) is 19.8. The number of carboxylic acids is 1. The van der Waals surface area contributed by atoms with Gasteiger partial charge in [-0.3, -0.25) is 4.79 Å². The van der Waals surface area contributed by atoms with Gasteiger partial charge in [-0.25, -0.2) is 4.98 Å². The number of nitrogens with zero attached hydrogens (tertiary/aromatic N) is 3. The van der Waals surface area contributed by atoms with Gasteiger partial charge in [0, 0.05) is 12.1 Å². The van der Waals surface area contributed by atoms with Crippen molar-refractivity contribution in [2.24, 2.45) is 5.92 Å². The van der Waals surface area contributed by atoms with Crippen LogP contribution in [-0.4, -0.2) is 38.5 Å². The van der Waals surface area contributed by atoms with Crippen molar-refractivity contribution in [3.05, 3.63) is 12.1 Å². The molecule has 6 nitrogen and oxygen atoms in total. The molecule has 1 N–H and O–H groups in total. The Morgan fingerprint density at radius 3 is 2.86 bits per heavy atom. The van der Waals surface area contributed by atoms with Gasteiger partial charge in [-0.2, -0.15) is 4.98 Å². The van der Waals surface area contributed by atoms with Crippen molar-refractivity contribution in [2.45, 2.75) is 31.0 Å². The van der Waals surface area contributed by atoms with Crippen molar-refractivity contribution >= 4 is 28.9 Å². The molecule has 0 aliphatic heterocycles. The molecular weight excluding hydrogens is 290 g/mol. The van der Waals surface area contributed by atoms with Gasteiger partial charge >= 0.3 is 5.97 Å². The van der Waals surface area contributed by atoms with Crippen molar-refractivity contribution in [3.63, 3.8) is 0 Å². The maximum Gasteiger partial charge on any atom is 0.313 e. The summed E-state index contributed by atoms with van der Waals surface area (Å²) in [5.41, 5.74) is 1.56. The molecule has 0 radical (unpaired) electrons. The quantitative estimate of drug-likeness (QED) is 0.856. The Hall–Kier alpha value is -1.76. The Kier molecular flexibility index (Phi) is 3.75. The summed E-state index contributed by atoms with van der Waals surface area (Å²) in [6.07, 6.45) is 2.15. The predicted octanol–water partition coefficient (Wildman–Crippen LogP) is 2.59. The molecule has 0 amide bonds. The third kappa shape index (κ3) is 2.70. The molecule has 1 saturated carbocycles. The van der Waals surface area contributed by atoms with Crippen LogP contribution in [-0.2, 0) is 4.79 Å². The number of imidazole rings is 1. The number of aliphatic carboxylic acids is 1. The zero-order valence-corrected chi connectivity index (χ0v) is 12.8. The average molecular weight is 307 g/mol. The van der Waals surface area contributed by atoms with Gasteiger partial charge in [-0.05, 0) is 24.8 Å². The van der Waals surface area contributed by atoms with Gasteiger partial charge in [0.05, 0.1) is 12.9 Å². The SMILES string of the molecule is COc1ccc2nc(SCC(=O)O)n(C3CC(C)C3)c2n1. The monoisotopic (exact) mass is 307 g/mol. The van der Waals surface area contributed by atoms with E-state index in [0.29, 0.717) is 17.8 Å². The summed E-state index contributed by atoms with van der Waals surface area (Å²) in [5.74, 6) is 0.398. The Bertz CT molecular complexity index is 679. The first-order valence-electron chi connectivity index (χ1n) is 6.86. The molecule has 0 unspecified atom stereocenters. The van der Waals surface area contributed by atoms with E-state index < -0.39 is 5.97 Å². The molecule has 3 rings (SSSR count). The second-order valence-corrected chi connectivity index (χ2v) is 6.32. The Balaban J connectivity index is 2.03. The first-order valence-corrected chi connectivity index (χ1v) is 7.84. The number of ether oxygens (including phenoxy) is 1. The molecule has 1 aliphatic carbocycles. The molecule has 1 aliphatic rings. The largest absolute Gasteiger partial charge is 0.481 e. The van der Waals surface area contributed by atoms with E-state index in [-0.39, 0.29) is 5.75 Å².